The lowest BCUT2D eigenvalue weighted by molar-refractivity contribution is 0.0537. The van der Waals surface area contributed by atoms with E-state index in [9.17, 15) is 8.42 Å². The highest BCUT2D eigenvalue weighted by atomic mass is 32.2. The van der Waals surface area contributed by atoms with Crippen molar-refractivity contribution in [2.45, 2.75) is 31.1 Å². The number of benzene rings is 1. The summed E-state index contributed by atoms with van der Waals surface area (Å²) in [4.78, 5) is 0. The van der Waals surface area contributed by atoms with Crippen molar-refractivity contribution in [3.8, 4) is 0 Å². The van der Waals surface area contributed by atoms with Crippen molar-refractivity contribution in [1.29, 1.82) is 0 Å². The van der Waals surface area contributed by atoms with E-state index in [0.717, 1.165) is 0 Å². The van der Waals surface area contributed by atoms with Crippen LogP contribution < -0.4 is 10.5 Å². The molecule has 0 aliphatic carbocycles. The number of para-hydroxylation sites is 1. The summed E-state index contributed by atoms with van der Waals surface area (Å²) in [5.74, 6) is -0.0872. The van der Waals surface area contributed by atoms with Gasteiger partial charge in [0.05, 0.1) is 5.75 Å². The molecule has 1 aromatic rings. The van der Waals surface area contributed by atoms with Gasteiger partial charge in [0.2, 0.25) is 10.0 Å². The average Bonchev–Trinajstić information content (AvgIpc) is 2.31. The summed E-state index contributed by atoms with van der Waals surface area (Å²) < 4.78 is 32.5. The zero-order chi connectivity index (χ0) is 13.9. The van der Waals surface area contributed by atoms with E-state index in [1.54, 1.807) is 24.3 Å². The highest BCUT2D eigenvalue weighted by Gasteiger charge is 2.31. The van der Waals surface area contributed by atoms with Gasteiger partial charge in [-0.05, 0) is 31.4 Å². The lowest BCUT2D eigenvalue weighted by atomic mass is 9.94. The fraction of sp³-hybridized carbons (Fsp3) is 0.538. The summed E-state index contributed by atoms with van der Waals surface area (Å²) in [6.45, 7) is 3.10. The Kier molecular flexibility index (Phi) is 4.13. The summed E-state index contributed by atoms with van der Waals surface area (Å²) in [7, 11) is -3.40. The van der Waals surface area contributed by atoms with Crippen LogP contribution in [0.25, 0.3) is 0 Å². The Morgan fingerprint density at radius 1 is 1.32 bits per heavy atom. The monoisotopic (exact) mass is 284 g/mol. The molecule has 0 unspecified atom stereocenters. The molecule has 1 fully saturated rings. The third-order valence-electron chi connectivity index (χ3n) is 3.40. The first-order chi connectivity index (χ1) is 8.90. The summed E-state index contributed by atoms with van der Waals surface area (Å²) >= 11 is 0. The van der Waals surface area contributed by atoms with Gasteiger partial charge in [0, 0.05) is 24.4 Å². The van der Waals surface area contributed by atoms with E-state index in [1.807, 2.05) is 6.92 Å². The summed E-state index contributed by atoms with van der Waals surface area (Å²) in [5, 5.41) is 0. The average molecular weight is 284 g/mol. The van der Waals surface area contributed by atoms with Crippen LogP contribution in [0.1, 0.15) is 25.3 Å². The van der Waals surface area contributed by atoms with Gasteiger partial charge in [-0.3, -0.25) is 0 Å². The van der Waals surface area contributed by atoms with Crippen molar-refractivity contribution < 1.29 is 13.2 Å². The van der Waals surface area contributed by atoms with Gasteiger partial charge in [0.15, 0.2) is 0 Å². The molecule has 0 radical (unpaired) electrons. The molecule has 0 atom stereocenters. The molecule has 5 nitrogen and oxygen atoms in total. The van der Waals surface area contributed by atoms with Crippen LogP contribution in [-0.4, -0.2) is 27.2 Å². The van der Waals surface area contributed by atoms with Crippen molar-refractivity contribution in [2.75, 3.05) is 18.9 Å². The molecule has 1 heterocycles. The maximum Gasteiger partial charge on any atom is 0.216 e. The van der Waals surface area contributed by atoms with Crippen LogP contribution in [0.15, 0.2) is 24.3 Å². The van der Waals surface area contributed by atoms with Crippen molar-refractivity contribution in [3.63, 3.8) is 0 Å². The summed E-state index contributed by atoms with van der Waals surface area (Å²) in [6, 6.07) is 7.03. The van der Waals surface area contributed by atoms with Gasteiger partial charge in [-0.1, -0.05) is 18.2 Å². The van der Waals surface area contributed by atoms with Gasteiger partial charge < -0.3 is 10.5 Å². The maximum atomic E-state index is 12.2. The Balaban J connectivity index is 2.09. The number of sulfonamides is 1. The van der Waals surface area contributed by atoms with Gasteiger partial charge in [-0.15, -0.1) is 0 Å². The Morgan fingerprint density at radius 2 is 1.95 bits per heavy atom. The van der Waals surface area contributed by atoms with Gasteiger partial charge in [-0.2, -0.15) is 0 Å². The van der Waals surface area contributed by atoms with Crippen molar-refractivity contribution >= 4 is 15.7 Å². The minimum atomic E-state index is -3.40. The zero-order valence-electron chi connectivity index (χ0n) is 11.1. The third-order valence-corrected chi connectivity index (χ3v) is 4.89. The van der Waals surface area contributed by atoms with E-state index < -0.39 is 15.6 Å². The van der Waals surface area contributed by atoms with Crippen molar-refractivity contribution in [1.82, 2.24) is 4.72 Å². The molecule has 0 aromatic heterocycles. The van der Waals surface area contributed by atoms with E-state index >= 15 is 0 Å². The van der Waals surface area contributed by atoms with Crippen LogP contribution >= 0.6 is 0 Å². The predicted octanol–water partition coefficient (Wildman–Crippen LogP) is 1.26. The molecule has 1 aliphatic rings. The zero-order valence-corrected chi connectivity index (χ0v) is 11.9. The third kappa shape index (κ3) is 3.92. The molecule has 1 saturated heterocycles. The van der Waals surface area contributed by atoms with E-state index in [0.29, 0.717) is 37.3 Å². The van der Waals surface area contributed by atoms with E-state index in [-0.39, 0.29) is 5.75 Å². The van der Waals surface area contributed by atoms with Crippen molar-refractivity contribution in [2.24, 2.45) is 0 Å². The van der Waals surface area contributed by atoms with Crippen LogP contribution in [0, 0.1) is 0 Å². The fourth-order valence-electron chi connectivity index (χ4n) is 2.21. The van der Waals surface area contributed by atoms with Crippen LogP contribution in [0.4, 0.5) is 5.69 Å². The summed E-state index contributed by atoms with van der Waals surface area (Å²) in [5.41, 5.74) is 6.50. The molecule has 1 aromatic carbocycles. The fourth-order valence-corrected chi connectivity index (χ4v) is 3.91. The molecule has 0 saturated carbocycles. The first-order valence-electron chi connectivity index (χ1n) is 6.33. The maximum absolute atomic E-state index is 12.2. The lowest BCUT2D eigenvalue weighted by Gasteiger charge is -2.34. The lowest BCUT2D eigenvalue weighted by Crippen LogP contribution is -2.49. The molecule has 3 N–H and O–H groups in total. The minimum absolute atomic E-state index is 0.0872. The molecule has 106 valence electrons. The van der Waals surface area contributed by atoms with Gasteiger partial charge in [0.25, 0.3) is 0 Å². The topological polar surface area (TPSA) is 81.4 Å². The number of nitrogen functional groups attached to an aromatic ring is 1. The molecule has 6 heteroatoms. The van der Waals surface area contributed by atoms with Crippen LogP contribution in [-0.2, 0) is 20.5 Å². The van der Waals surface area contributed by atoms with Gasteiger partial charge in [-0.25, -0.2) is 13.1 Å². The predicted molar refractivity (Wildman–Crippen MR) is 75.1 cm³/mol. The van der Waals surface area contributed by atoms with E-state index in [2.05, 4.69) is 4.72 Å². The Labute approximate surface area is 114 Å². The van der Waals surface area contributed by atoms with Gasteiger partial charge >= 0.3 is 0 Å². The molecular formula is C13H20N2O3S. The normalized spacial score (nSPS) is 19.2. The second-order valence-corrected chi connectivity index (χ2v) is 6.96. The Morgan fingerprint density at radius 3 is 2.58 bits per heavy atom. The van der Waals surface area contributed by atoms with E-state index in [1.165, 1.54) is 0 Å². The van der Waals surface area contributed by atoms with Crippen LogP contribution in [0.3, 0.4) is 0 Å². The number of hydrogen-bond donors (Lipinski definition) is 2. The second-order valence-electron chi connectivity index (χ2n) is 5.23. The van der Waals surface area contributed by atoms with Crippen molar-refractivity contribution in [3.05, 3.63) is 29.8 Å². The molecule has 0 spiro atoms. The molecule has 0 bridgehead atoms. The number of nitrogens with one attached hydrogen (secondary N) is 1. The molecular weight excluding hydrogens is 264 g/mol. The highest BCUT2D eigenvalue weighted by Crippen LogP contribution is 2.22. The van der Waals surface area contributed by atoms with E-state index in [4.69, 9.17) is 10.5 Å². The highest BCUT2D eigenvalue weighted by molar-refractivity contribution is 7.88. The molecule has 2 rings (SSSR count). The standard InChI is InChI=1S/C13H20N2O3S/c1-13(6-8-18-9-7-13)15-19(16,17)10-11-4-2-3-5-12(11)14/h2-5,15H,6-10,14H2,1H3. The summed E-state index contributed by atoms with van der Waals surface area (Å²) in [6.07, 6.45) is 1.38. The quantitative estimate of drug-likeness (QED) is 0.816. The first kappa shape index (κ1) is 14.3. The van der Waals surface area contributed by atoms with Crippen LogP contribution in [0.5, 0.6) is 0 Å². The second kappa shape index (κ2) is 5.48. The molecule has 1 aliphatic heterocycles. The van der Waals surface area contributed by atoms with Crippen LogP contribution in [0.2, 0.25) is 0 Å². The number of hydrogen-bond acceptors (Lipinski definition) is 4. The number of nitrogens with two attached hydrogens (primary N) is 1. The number of ether oxygens (including phenoxy) is 1. The smallest absolute Gasteiger partial charge is 0.216 e. The Bertz CT molecular complexity index is 537. The van der Waals surface area contributed by atoms with Gasteiger partial charge in [0.1, 0.15) is 0 Å². The Hall–Kier alpha value is -1.11. The SMILES string of the molecule is CC1(NS(=O)(=O)Cc2ccccc2N)CCOCC1. The first-order valence-corrected chi connectivity index (χ1v) is 7.98. The minimum Gasteiger partial charge on any atom is -0.398 e. The number of rotatable bonds is 4. The largest absolute Gasteiger partial charge is 0.398 e. The number of anilines is 1. The molecule has 19 heavy (non-hydrogen) atoms. The molecule has 0 amide bonds.